The van der Waals surface area contributed by atoms with Gasteiger partial charge in [-0.2, -0.15) is 0 Å². The molecule has 0 aliphatic rings. The van der Waals surface area contributed by atoms with E-state index in [2.05, 4.69) is 15.3 Å². The molecule has 18 heavy (non-hydrogen) atoms. The maximum atomic E-state index is 4.98. The molecule has 0 saturated carbocycles. The van der Waals surface area contributed by atoms with Gasteiger partial charge >= 0.3 is 0 Å². The topological polar surface area (TPSA) is 50.3 Å². The maximum Gasteiger partial charge on any atom is 0.185 e. The molecule has 0 aliphatic heterocycles. The first-order chi connectivity index (χ1) is 8.70. The van der Waals surface area contributed by atoms with Crippen LogP contribution in [-0.2, 0) is 4.74 Å². The van der Waals surface area contributed by atoms with Crippen molar-refractivity contribution in [3.63, 3.8) is 0 Å². The predicted molar refractivity (Wildman–Crippen MR) is 77.9 cm³/mol. The van der Waals surface area contributed by atoms with Crippen LogP contribution in [0.15, 0.2) is 10.8 Å². The standard InChI is InChI=1S/C11H16N4OS2/c1-15(2)11-14-9(7-18-11)8-6-17-10(13-8)12-4-5-16-3/h6-7H,4-5H2,1-3H3,(H,12,13). The fourth-order valence-corrected chi connectivity index (χ4v) is 2.81. The van der Waals surface area contributed by atoms with Gasteiger partial charge in [0.1, 0.15) is 11.4 Å². The minimum atomic E-state index is 0.677. The Morgan fingerprint density at radius 1 is 1.22 bits per heavy atom. The molecule has 0 atom stereocenters. The number of nitrogens with one attached hydrogen (secondary N) is 1. The third-order valence-electron chi connectivity index (χ3n) is 2.22. The molecule has 0 aromatic carbocycles. The zero-order valence-electron chi connectivity index (χ0n) is 10.6. The van der Waals surface area contributed by atoms with Crippen molar-refractivity contribution in [2.75, 3.05) is 44.6 Å². The molecule has 2 aromatic rings. The molecule has 0 spiro atoms. The lowest BCUT2D eigenvalue weighted by molar-refractivity contribution is 0.211. The molecule has 0 radical (unpaired) electrons. The van der Waals surface area contributed by atoms with E-state index in [0.29, 0.717) is 6.61 Å². The van der Waals surface area contributed by atoms with E-state index in [1.165, 1.54) is 0 Å². The predicted octanol–water partition coefficient (Wildman–Crippen LogP) is 2.39. The molecule has 0 fully saturated rings. The average molecular weight is 284 g/mol. The van der Waals surface area contributed by atoms with Crippen LogP contribution in [0.25, 0.3) is 11.4 Å². The Morgan fingerprint density at radius 2 is 1.94 bits per heavy atom. The van der Waals surface area contributed by atoms with E-state index in [1.807, 2.05) is 29.8 Å². The van der Waals surface area contributed by atoms with E-state index in [1.54, 1.807) is 29.8 Å². The van der Waals surface area contributed by atoms with Crippen molar-refractivity contribution in [1.82, 2.24) is 9.97 Å². The van der Waals surface area contributed by atoms with E-state index < -0.39 is 0 Å². The molecule has 0 unspecified atom stereocenters. The average Bonchev–Trinajstić information content (AvgIpc) is 2.97. The summed E-state index contributed by atoms with van der Waals surface area (Å²) in [6.45, 7) is 1.44. The van der Waals surface area contributed by atoms with Crippen LogP contribution in [0.5, 0.6) is 0 Å². The summed E-state index contributed by atoms with van der Waals surface area (Å²) in [6, 6.07) is 0. The maximum absolute atomic E-state index is 4.98. The third-order valence-corrected chi connectivity index (χ3v) is 4.03. The molecule has 1 N–H and O–H groups in total. The highest BCUT2D eigenvalue weighted by Crippen LogP contribution is 2.28. The molecular formula is C11H16N4OS2. The smallest absolute Gasteiger partial charge is 0.185 e. The van der Waals surface area contributed by atoms with Crippen molar-refractivity contribution >= 4 is 32.9 Å². The second-order valence-electron chi connectivity index (χ2n) is 3.87. The molecule has 2 rings (SSSR count). The Morgan fingerprint density at radius 3 is 2.61 bits per heavy atom. The van der Waals surface area contributed by atoms with Crippen molar-refractivity contribution in [2.24, 2.45) is 0 Å². The molecule has 2 heterocycles. The highest BCUT2D eigenvalue weighted by molar-refractivity contribution is 7.14. The van der Waals surface area contributed by atoms with E-state index in [-0.39, 0.29) is 0 Å². The molecular weight excluding hydrogens is 268 g/mol. The van der Waals surface area contributed by atoms with Gasteiger partial charge in [0.05, 0.1) is 6.61 Å². The van der Waals surface area contributed by atoms with Crippen molar-refractivity contribution < 1.29 is 4.74 Å². The molecule has 98 valence electrons. The van der Waals surface area contributed by atoms with Crippen LogP contribution in [0.1, 0.15) is 0 Å². The zero-order chi connectivity index (χ0) is 13.0. The Balaban J connectivity index is 2.04. The van der Waals surface area contributed by atoms with E-state index in [4.69, 9.17) is 4.74 Å². The van der Waals surface area contributed by atoms with Crippen LogP contribution in [0.4, 0.5) is 10.3 Å². The van der Waals surface area contributed by atoms with Crippen molar-refractivity contribution in [1.29, 1.82) is 0 Å². The van der Waals surface area contributed by atoms with Crippen molar-refractivity contribution in [3.05, 3.63) is 10.8 Å². The SMILES string of the molecule is COCCNc1nc(-c2csc(N(C)C)n2)cs1. The number of anilines is 2. The normalized spacial score (nSPS) is 10.6. The van der Waals surface area contributed by atoms with Crippen LogP contribution >= 0.6 is 22.7 Å². The first kappa shape index (κ1) is 13.3. The van der Waals surface area contributed by atoms with Crippen LogP contribution < -0.4 is 10.2 Å². The second-order valence-corrected chi connectivity index (χ2v) is 5.56. The molecule has 5 nitrogen and oxygen atoms in total. The summed E-state index contributed by atoms with van der Waals surface area (Å²) < 4.78 is 4.98. The van der Waals surface area contributed by atoms with Gasteiger partial charge in [-0.3, -0.25) is 0 Å². The monoisotopic (exact) mass is 284 g/mol. The number of ether oxygens (including phenoxy) is 1. The number of methoxy groups -OCH3 is 1. The lowest BCUT2D eigenvalue weighted by atomic mass is 10.4. The number of rotatable bonds is 6. The molecule has 0 amide bonds. The second kappa shape index (κ2) is 6.12. The summed E-state index contributed by atoms with van der Waals surface area (Å²) >= 11 is 3.21. The minimum absolute atomic E-state index is 0.677. The van der Waals surface area contributed by atoms with Crippen LogP contribution in [0.3, 0.4) is 0 Å². The van der Waals surface area contributed by atoms with Crippen LogP contribution in [-0.4, -0.2) is 44.3 Å². The summed E-state index contributed by atoms with van der Waals surface area (Å²) in [5.41, 5.74) is 1.85. The molecule has 0 saturated heterocycles. The number of hydrogen-bond acceptors (Lipinski definition) is 7. The zero-order valence-corrected chi connectivity index (χ0v) is 12.3. The number of nitrogens with zero attached hydrogens (tertiary/aromatic N) is 3. The van der Waals surface area contributed by atoms with Gasteiger partial charge in [-0.25, -0.2) is 9.97 Å². The number of thiazole rings is 2. The van der Waals surface area contributed by atoms with E-state index in [9.17, 15) is 0 Å². The Hall–Kier alpha value is -1.18. The van der Waals surface area contributed by atoms with Crippen LogP contribution in [0.2, 0.25) is 0 Å². The van der Waals surface area contributed by atoms with Crippen molar-refractivity contribution in [3.8, 4) is 11.4 Å². The summed E-state index contributed by atoms with van der Waals surface area (Å²) in [7, 11) is 5.66. The Kier molecular flexibility index (Phi) is 4.51. The third kappa shape index (κ3) is 3.18. The highest BCUT2D eigenvalue weighted by atomic mass is 32.1. The fourth-order valence-electron chi connectivity index (χ4n) is 1.32. The van der Waals surface area contributed by atoms with Gasteiger partial charge in [0.2, 0.25) is 0 Å². The summed E-state index contributed by atoms with van der Waals surface area (Å²) in [5.74, 6) is 0. The van der Waals surface area contributed by atoms with Crippen molar-refractivity contribution in [2.45, 2.75) is 0 Å². The van der Waals surface area contributed by atoms with Gasteiger partial charge in [0.25, 0.3) is 0 Å². The van der Waals surface area contributed by atoms with E-state index >= 15 is 0 Å². The minimum Gasteiger partial charge on any atom is -0.383 e. The first-order valence-electron chi connectivity index (χ1n) is 5.52. The molecule has 0 aliphatic carbocycles. The summed E-state index contributed by atoms with van der Waals surface area (Å²) in [5, 5.41) is 9.16. The van der Waals surface area contributed by atoms with Crippen LogP contribution in [0, 0.1) is 0 Å². The molecule has 0 bridgehead atoms. The largest absolute Gasteiger partial charge is 0.383 e. The van der Waals surface area contributed by atoms with E-state index in [0.717, 1.165) is 28.2 Å². The fraction of sp³-hybridized carbons (Fsp3) is 0.455. The first-order valence-corrected chi connectivity index (χ1v) is 7.28. The quantitative estimate of drug-likeness (QED) is 0.825. The van der Waals surface area contributed by atoms with Gasteiger partial charge in [-0.1, -0.05) is 0 Å². The van der Waals surface area contributed by atoms with Gasteiger partial charge in [-0.15, -0.1) is 22.7 Å². The number of hydrogen-bond donors (Lipinski definition) is 1. The van der Waals surface area contributed by atoms with Gasteiger partial charge < -0.3 is 15.0 Å². The Labute approximate surface area is 114 Å². The Bertz CT molecular complexity index is 495. The molecule has 2 aromatic heterocycles. The highest BCUT2D eigenvalue weighted by Gasteiger charge is 2.09. The van der Waals surface area contributed by atoms with Gasteiger partial charge in [-0.05, 0) is 0 Å². The summed E-state index contributed by atoms with van der Waals surface area (Å²) in [6.07, 6.45) is 0. The lowest BCUT2D eigenvalue weighted by Crippen LogP contribution is -2.07. The van der Waals surface area contributed by atoms with Gasteiger partial charge in [0, 0.05) is 38.5 Å². The molecule has 7 heteroatoms. The number of aromatic nitrogens is 2. The lowest BCUT2D eigenvalue weighted by Gasteiger charge is -2.05. The summed E-state index contributed by atoms with van der Waals surface area (Å²) in [4.78, 5) is 11.0. The van der Waals surface area contributed by atoms with Gasteiger partial charge in [0.15, 0.2) is 10.3 Å².